The number of unbranched alkanes of at least 4 members (excludes halogenated alkanes) is 2. The Morgan fingerprint density at radius 2 is 2.06 bits per heavy atom. The topological polar surface area (TPSA) is 38.5 Å². The van der Waals surface area contributed by atoms with Crippen LogP contribution in [0, 0.1) is 0 Å². The van der Waals surface area contributed by atoms with Crippen molar-refractivity contribution in [3.05, 3.63) is 18.2 Å². The number of nitrogens with two attached hydrogens (primary N) is 1. The summed E-state index contributed by atoms with van der Waals surface area (Å²) >= 11 is 0. The normalized spacial score (nSPS) is 10.2. The fourth-order valence-electron chi connectivity index (χ4n) is 1.73. The van der Waals surface area contributed by atoms with Crippen molar-refractivity contribution < 1.29 is 4.74 Å². The summed E-state index contributed by atoms with van der Waals surface area (Å²) in [5.41, 5.74) is 7.57. The SMILES string of the molecule is CCCCCN(C)c1ccc(N)cc1OC. The zero-order chi connectivity index (χ0) is 12.0. The molecule has 0 aliphatic heterocycles. The molecule has 1 aromatic carbocycles. The van der Waals surface area contributed by atoms with Gasteiger partial charge in [0.25, 0.3) is 0 Å². The van der Waals surface area contributed by atoms with Crippen molar-refractivity contribution in [2.75, 3.05) is 31.3 Å². The van der Waals surface area contributed by atoms with Crippen LogP contribution in [0.25, 0.3) is 0 Å². The molecule has 2 N–H and O–H groups in total. The van der Waals surface area contributed by atoms with Crippen LogP contribution in [-0.2, 0) is 0 Å². The molecule has 90 valence electrons. The summed E-state index contributed by atoms with van der Waals surface area (Å²) in [6, 6.07) is 5.79. The van der Waals surface area contributed by atoms with Gasteiger partial charge >= 0.3 is 0 Å². The van der Waals surface area contributed by atoms with Crippen LogP contribution in [0.4, 0.5) is 11.4 Å². The highest BCUT2D eigenvalue weighted by Gasteiger charge is 2.07. The summed E-state index contributed by atoms with van der Waals surface area (Å²) in [5, 5.41) is 0. The lowest BCUT2D eigenvalue weighted by Gasteiger charge is -2.21. The van der Waals surface area contributed by atoms with Gasteiger partial charge in [-0.15, -0.1) is 0 Å². The van der Waals surface area contributed by atoms with Gasteiger partial charge in [0.15, 0.2) is 0 Å². The second-order valence-corrected chi connectivity index (χ2v) is 4.06. The average molecular weight is 222 g/mol. The van der Waals surface area contributed by atoms with Crippen molar-refractivity contribution in [1.29, 1.82) is 0 Å². The van der Waals surface area contributed by atoms with Crippen molar-refractivity contribution in [2.45, 2.75) is 26.2 Å². The molecule has 0 aromatic heterocycles. The fraction of sp³-hybridized carbons (Fsp3) is 0.538. The highest BCUT2D eigenvalue weighted by Crippen LogP contribution is 2.29. The molecule has 0 amide bonds. The van der Waals surface area contributed by atoms with Gasteiger partial charge in [-0.25, -0.2) is 0 Å². The molecule has 0 radical (unpaired) electrons. The van der Waals surface area contributed by atoms with Crippen molar-refractivity contribution in [3.63, 3.8) is 0 Å². The number of methoxy groups -OCH3 is 1. The number of rotatable bonds is 6. The number of nitrogens with zero attached hydrogens (tertiary/aromatic N) is 1. The predicted molar refractivity (Wildman–Crippen MR) is 70.2 cm³/mol. The molecule has 3 nitrogen and oxygen atoms in total. The summed E-state index contributed by atoms with van der Waals surface area (Å²) in [5.74, 6) is 0.846. The van der Waals surface area contributed by atoms with Crippen molar-refractivity contribution >= 4 is 11.4 Å². The number of ether oxygens (including phenoxy) is 1. The number of benzene rings is 1. The number of hydrogen-bond donors (Lipinski definition) is 1. The average Bonchev–Trinajstić information content (AvgIpc) is 2.29. The molecule has 0 bridgehead atoms. The van der Waals surface area contributed by atoms with Crippen LogP contribution < -0.4 is 15.4 Å². The van der Waals surface area contributed by atoms with E-state index in [4.69, 9.17) is 10.5 Å². The van der Waals surface area contributed by atoms with Crippen molar-refractivity contribution in [2.24, 2.45) is 0 Å². The summed E-state index contributed by atoms with van der Waals surface area (Å²) in [6.45, 7) is 3.26. The molecule has 0 saturated heterocycles. The van der Waals surface area contributed by atoms with E-state index in [9.17, 15) is 0 Å². The second-order valence-electron chi connectivity index (χ2n) is 4.06. The van der Waals surface area contributed by atoms with E-state index < -0.39 is 0 Å². The minimum atomic E-state index is 0.738. The monoisotopic (exact) mass is 222 g/mol. The molecule has 0 atom stereocenters. The van der Waals surface area contributed by atoms with E-state index in [1.54, 1.807) is 7.11 Å². The Labute approximate surface area is 98.2 Å². The summed E-state index contributed by atoms with van der Waals surface area (Å²) < 4.78 is 5.33. The summed E-state index contributed by atoms with van der Waals surface area (Å²) in [6.07, 6.45) is 3.72. The Morgan fingerprint density at radius 1 is 1.31 bits per heavy atom. The van der Waals surface area contributed by atoms with Crippen LogP contribution >= 0.6 is 0 Å². The Bertz CT molecular complexity index is 326. The molecule has 0 heterocycles. The highest BCUT2D eigenvalue weighted by atomic mass is 16.5. The van der Waals surface area contributed by atoms with Crippen LogP contribution in [0.5, 0.6) is 5.75 Å². The largest absolute Gasteiger partial charge is 0.495 e. The smallest absolute Gasteiger partial charge is 0.144 e. The van der Waals surface area contributed by atoms with Gasteiger partial charge in [0.05, 0.1) is 12.8 Å². The number of anilines is 2. The molecular formula is C13H22N2O. The first kappa shape index (κ1) is 12.7. The minimum absolute atomic E-state index is 0.738. The third kappa shape index (κ3) is 3.33. The standard InChI is InChI=1S/C13H22N2O/c1-4-5-6-9-15(2)12-8-7-11(14)10-13(12)16-3/h7-8,10H,4-6,9,14H2,1-3H3. The third-order valence-electron chi connectivity index (χ3n) is 2.71. The zero-order valence-corrected chi connectivity index (χ0v) is 10.5. The van der Waals surface area contributed by atoms with Gasteiger partial charge in [-0.05, 0) is 18.6 Å². The van der Waals surface area contributed by atoms with Crippen LogP contribution in [-0.4, -0.2) is 20.7 Å². The Morgan fingerprint density at radius 3 is 2.69 bits per heavy atom. The first-order valence-electron chi connectivity index (χ1n) is 5.83. The van der Waals surface area contributed by atoms with Crippen LogP contribution in [0.15, 0.2) is 18.2 Å². The minimum Gasteiger partial charge on any atom is -0.495 e. The molecule has 16 heavy (non-hydrogen) atoms. The highest BCUT2D eigenvalue weighted by molar-refractivity contribution is 5.63. The second kappa shape index (κ2) is 6.26. The quantitative estimate of drug-likeness (QED) is 0.594. The molecule has 0 unspecified atom stereocenters. The zero-order valence-electron chi connectivity index (χ0n) is 10.5. The van der Waals surface area contributed by atoms with Crippen LogP contribution in [0.2, 0.25) is 0 Å². The number of hydrogen-bond acceptors (Lipinski definition) is 3. The van der Waals surface area contributed by atoms with Gasteiger partial charge in [-0.3, -0.25) is 0 Å². The van der Waals surface area contributed by atoms with E-state index in [0.29, 0.717) is 0 Å². The molecule has 0 saturated carbocycles. The third-order valence-corrected chi connectivity index (χ3v) is 2.71. The van der Waals surface area contributed by atoms with Gasteiger partial charge in [0.2, 0.25) is 0 Å². The molecule has 1 rings (SSSR count). The van der Waals surface area contributed by atoms with Crippen molar-refractivity contribution in [3.8, 4) is 5.75 Å². The molecule has 0 aliphatic rings. The van der Waals surface area contributed by atoms with E-state index in [2.05, 4.69) is 18.9 Å². The molecule has 0 aliphatic carbocycles. The van der Waals surface area contributed by atoms with Crippen LogP contribution in [0.3, 0.4) is 0 Å². The summed E-state index contributed by atoms with van der Waals surface area (Å²) in [7, 11) is 3.77. The first-order chi connectivity index (χ1) is 7.69. The van der Waals surface area contributed by atoms with Gasteiger partial charge in [0, 0.05) is 25.3 Å². The van der Waals surface area contributed by atoms with E-state index in [-0.39, 0.29) is 0 Å². The lowest BCUT2D eigenvalue weighted by atomic mass is 10.2. The molecule has 3 heteroatoms. The maximum atomic E-state index is 5.73. The predicted octanol–water partition coefficient (Wildman–Crippen LogP) is 2.90. The maximum absolute atomic E-state index is 5.73. The van der Waals surface area contributed by atoms with E-state index in [1.807, 2.05) is 18.2 Å². The molecule has 0 spiro atoms. The molecular weight excluding hydrogens is 200 g/mol. The molecule has 0 fully saturated rings. The Hall–Kier alpha value is -1.38. The van der Waals surface area contributed by atoms with Crippen molar-refractivity contribution in [1.82, 2.24) is 0 Å². The summed E-state index contributed by atoms with van der Waals surface area (Å²) in [4.78, 5) is 2.22. The van der Waals surface area contributed by atoms with Crippen LogP contribution in [0.1, 0.15) is 26.2 Å². The molecule has 1 aromatic rings. The Kier molecular flexibility index (Phi) is 4.96. The van der Waals surface area contributed by atoms with E-state index in [0.717, 1.165) is 23.7 Å². The fourth-order valence-corrected chi connectivity index (χ4v) is 1.73. The van der Waals surface area contributed by atoms with Gasteiger partial charge < -0.3 is 15.4 Å². The van der Waals surface area contributed by atoms with E-state index in [1.165, 1.54) is 19.3 Å². The lowest BCUT2D eigenvalue weighted by molar-refractivity contribution is 0.415. The number of nitrogen functional groups attached to an aromatic ring is 1. The lowest BCUT2D eigenvalue weighted by Crippen LogP contribution is -2.19. The van der Waals surface area contributed by atoms with Gasteiger partial charge in [0.1, 0.15) is 5.75 Å². The van der Waals surface area contributed by atoms with Gasteiger partial charge in [-0.2, -0.15) is 0 Å². The van der Waals surface area contributed by atoms with Gasteiger partial charge in [-0.1, -0.05) is 19.8 Å². The Balaban J connectivity index is 2.70. The van der Waals surface area contributed by atoms with E-state index >= 15 is 0 Å². The first-order valence-corrected chi connectivity index (χ1v) is 5.83. The maximum Gasteiger partial charge on any atom is 0.144 e.